The Morgan fingerprint density at radius 3 is 2.64 bits per heavy atom. The molecule has 118 valence electrons. The van der Waals surface area contributed by atoms with Gasteiger partial charge in [0.25, 0.3) is 5.89 Å². The predicted molar refractivity (Wildman–Crippen MR) is 78.5 cm³/mol. The van der Waals surface area contributed by atoms with Crippen molar-refractivity contribution in [3.63, 3.8) is 0 Å². The normalized spacial score (nSPS) is 17.7. The van der Waals surface area contributed by atoms with E-state index in [1.54, 1.807) is 6.20 Å². The molecule has 1 aliphatic rings. The molecule has 0 atom stereocenters. The van der Waals surface area contributed by atoms with Crippen molar-refractivity contribution in [1.82, 2.24) is 24.5 Å². The minimum absolute atomic E-state index is 0.0872. The molecule has 22 heavy (non-hydrogen) atoms. The van der Waals surface area contributed by atoms with Crippen molar-refractivity contribution in [3.8, 4) is 11.5 Å². The third kappa shape index (κ3) is 3.00. The molecule has 0 radical (unpaired) electrons. The lowest BCUT2D eigenvalue weighted by Gasteiger charge is -2.28. The maximum absolute atomic E-state index is 11.5. The van der Waals surface area contributed by atoms with E-state index in [0.717, 1.165) is 11.3 Å². The molecule has 0 amide bonds. The first-order valence-electron chi connectivity index (χ1n) is 7.00. The number of hydrogen-bond acceptors (Lipinski definition) is 7. The summed E-state index contributed by atoms with van der Waals surface area (Å²) in [6.45, 7) is 2.81. The summed E-state index contributed by atoms with van der Waals surface area (Å²) in [6.07, 6.45) is 5.71. The Bertz CT molecular complexity index is 765. The minimum Gasteiger partial charge on any atom is -0.420 e. The Labute approximate surface area is 128 Å². The zero-order chi connectivity index (χ0) is 15.7. The maximum Gasteiger partial charge on any atom is 0.251 e. The van der Waals surface area contributed by atoms with Crippen molar-refractivity contribution < 1.29 is 12.8 Å². The molecular formula is C13H17N5O3S. The summed E-state index contributed by atoms with van der Waals surface area (Å²) in [6, 6.07) is 0. The first-order valence-corrected chi connectivity index (χ1v) is 8.85. The van der Waals surface area contributed by atoms with Gasteiger partial charge in [-0.3, -0.25) is 0 Å². The average Bonchev–Trinajstić information content (AvgIpc) is 2.96. The Morgan fingerprint density at radius 2 is 2.00 bits per heavy atom. The predicted octanol–water partition coefficient (Wildman–Crippen LogP) is 0.974. The van der Waals surface area contributed by atoms with Crippen LogP contribution in [0.4, 0.5) is 0 Å². The van der Waals surface area contributed by atoms with Gasteiger partial charge in [0.1, 0.15) is 6.33 Å². The number of hydrogen-bond donors (Lipinski definition) is 0. The highest BCUT2D eigenvalue weighted by atomic mass is 32.2. The largest absolute Gasteiger partial charge is 0.420 e. The number of nitrogens with zero attached hydrogens (tertiary/aromatic N) is 5. The quantitative estimate of drug-likeness (QED) is 0.829. The molecule has 3 rings (SSSR count). The number of piperidine rings is 1. The first-order chi connectivity index (χ1) is 10.4. The van der Waals surface area contributed by atoms with E-state index in [0.29, 0.717) is 37.7 Å². The lowest BCUT2D eigenvalue weighted by atomic mass is 9.98. The van der Waals surface area contributed by atoms with Gasteiger partial charge in [-0.2, -0.15) is 0 Å². The second-order valence-electron chi connectivity index (χ2n) is 5.40. The van der Waals surface area contributed by atoms with E-state index < -0.39 is 10.0 Å². The molecule has 0 bridgehead atoms. The molecule has 1 fully saturated rings. The SMILES string of the molecule is Cc1ncncc1-c1nnc(C2CCN(S(C)(=O)=O)CC2)o1. The van der Waals surface area contributed by atoms with Gasteiger partial charge >= 0.3 is 0 Å². The molecule has 2 aromatic heterocycles. The lowest BCUT2D eigenvalue weighted by molar-refractivity contribution is 0.293. The second kappa shape index (κ2) is 5.73. The monoisotopic (exact) mass is 323 g/mol. The van der Waals surface area contributed by atoms with Crippen molar-refractivity contribution in [2.24, 2.45) is 0 Å². The van der Waals surface area contributed by atoms with Crippen molar-refractivity contribution in [1.29, 1.82) is 0 Å². The summed E-state index contributed by atoms with van der Waals surface area (Å²) < 4.78 is 30.3. The smallest absolute Gasteiger partial charge is 0.251 e. The van der Waals surface area contributed by atoms with Gasteiger partial charge in [-0.15, -0.1) is 10.2 Å². The van der Waals surface area contributed by atoms with Gasteiger partial charge in [-0.1, -0.05) is 0 Å². The van der Waals surface area contributed by atoms with E-state index in [-0.39, 0.29) is 5.92 Å². The van der Waals surface area contributed by atoms with Crippen molar-refractivity contribution in [2.45, 2.75) is 25.7 Å². The van der Waals surface area contributed by atoms with Crippen LogP contribution in [0.25, 0.3) is 11.5 Å². The summed E-state index contributed by atoms with van der Waals surface area (Å²) >= 11 is 0. The third-order valence-corrected chi connectivity index (χ3v) is 5.16. The fraction of sp³-hybridized carbons (Fsp3) is 0.538. The number of aryl methyl sites for hydroxylation is 1. The highest BCUT2D eigenvalue weighted by Crippen LogP contribution is 2.30. The van der Waals surface area contributed by atoms with Crippen LogP contribution in [0.3, 0.4) is 0 Å². The van der Waals surface area contributed by atoms with Crippen LogP contribution in [0, 0.1) is 6.92 Å². The lowest BCUT2D eigenvalue weighted by Crippen LogP contribution is -2.37. The summed E-state index contributed by atoms with van der Waals surface area (Å²) in [7, 11) is -3.12. The van der Waals surface area contributed by atoms with Crippen LogP contribution < -0.4 is 0 Å². The standard InChI is InChI=1S/C13H17N5O3S/c1-9-11(7-14-8-15-9)13-17-16-12(21-13)10-3-5-18(6-4-10)22(2,19)20/h7-8,10H,3-6H2,1-2H3. The fourth-order valence-electron chi connectivity index (χ4n) is 2.54. The summed E-state index contributed by atoms with van der Waals surface area (Å²) in [5, 5.41) is 8.17. The third-order valence-electron chi connectivity index (χ3n) is 3.85. The molecule has 1 aliphatic heterocycles. The van der Waals surface area contributed by atoms with E-state index in [9.17, 15) is 8.42 Å². The second-order valence-corrected chi connectivity index (χ2v) is 7.39. The van der Waals surface area contributed by atoms with Crippen LogP contribution in [-0.4, -0.2) is 52.2 Å². The Balaban J connectivity index is 1.75. The number of aromatic nitrogens is 4. The first kappa shape index (κ1) is 15.0. The van der Waals surface area contributed by atoms with Gasteiger partial charge in [0.05, 0.1) is 17.5 Å². The Kier molecular flexibility index (Phi) is 3.92. The molecule has 8 nitrogen and oxygen atoms in total. The van der Waals surface area contributed by atoms with E-state index in [4.69, 9.17) is 4.42 Å². The van der Waals surface area contributed by atoms with Crippen molar-refractivity contribution in [2.75, 3.05) is 19.3 Å². The fourth-order valence-corrected chi connectivity index (χ4v) is 3.42. The molecule has 0 saturated carbocycles. The average molecular weight is 323 g/mol. The topological polar surface area (TPSA) is 102 Å². The molecule has 1 saturated heterocycles. The summed E-state index contributed by atoms with van der Waals surface area (Å²) in [5.41, 5.74) is 1.49. The van der Waals surface area contributed by atoms with Crippen LogP contribution in [0.1, 0.15) is 30.3 Å². The maximum atomic E-state index is 11.5. The Morgan fingerprint density at radius 1 is 1.27 bits per heavy atom. The van der Waals surface area contributed by atoms with Crippen LogP contribution >= 0.6 is 0 Å². The van der Waals surface area contributed by atoms with Crippen LogP contribution in [0.15, 0.2) is 16.9 Å². The molecule has 0 spiro atoms. The number of sulfonamides is 1. The van der Waals surface area contributed by atoms with E-state index >= 15 is 0 Å². The van der Waals surface area contributed by atoms with Gasteiger partial charge in [0.15, 0.2) is 0 Å². The molecule has 3 heterocycles. The summed E-state index contributed by atoms with van der Waals surface area (Å²) in [5.74, 6) is 1.04. The van der Waals surface area contributed by atoms with Crippen LogP contribution in [0.2, 0.25) is 0 Å². The highest BCUT2D eigenvalue weighted by molar-refractivity contribution is 7.88. The van der Waals surface area contributed by atoms with Gasteiger partial charge < -0.3 is 4.42 Å². The Hall–Kier alpha value is -1.87. The molecule has 0 aromatic carbocycles. The van der Waals surface area contributed by atoms with E-state index in [1.165, 1.54) is 16.9 Å². The van der Waals surface area contributed by atoms with Gasteiger partial charge in [0.2, 0.25) is 15.9 Å². The van der Waals surface area contributed by atoms with Gasteiger partial charge in [0, 0.05) is 25.2 Å². The van der Waals surface area contributed by atoms with Crippen LogP contribution in [-0.2, 0) is 10.0 Å². The minimum atomic E-state index is -3.12. The van der Waals surface area contributed by atoms with E-state index in [2.05, 4.69) is 20.2 Å². The molecule has 9 heteroatoms. The highest BCUT2D eigenvalue weighted by Gasteiger charge is 2.29. The van der Waals surface area contributed by atoms with Crippen LogP contribution in [0.5, 0.6) is 0 Å². The van der Waals surface area contributed by atoms with Gasteiger partial charge in [-0.05, 0) is 19.8 Å². The molecule has 0 unspecified atom stereocenters. The van der Waals surface area contributed by atoms with Gasteiger partial charge in [-0.25, -0.2) is 22.7 Å². The van der Waals surface area contributed by atoms with Crippen molar-refractivity contribution in [3.05, 3.63) is 24.1 Å². The zero-order valence-corrected chi connectivity index (χ0v) is 13.2. The molecule has 0 aliphatic carbocycles. The summed E-state index contributed by atoms with van der Waals surface area (Å²) in [4.78, 5) is 8.07. The zero-order valence-electron chi connectivity index (χ0n) is 12.4. The molecule has 2 aromatic rings. The number of rotatable bonds is 3. The molecular weight excluding hydrogens is 306 g/mol. The molecule has 0 N–H and O–H groups in total. The van der Waals surface area contributed by atoms with E-state index in [1.807, 2.05) is 6.92 Å². The van der Waals surface area contributed by atoms with Crippen molar-refractivity contribution >= 4 is 10.0 Å².